The largest absolute Gasteiger partial charge is 0.350 e. The van der Waals surface area contributed by atoms with Gasteiger partial charge in [0.2, 0.25) is 16.0 Å². The molecule has 7 nitrogen and oxygen atoms in total. The molecule has 1 atom stereocenters. The Morgan fingerprint density at radius 1 is 1.21 bits per heavy atom. The fourth-order valence-electron chi connectivity index (χ4n) is 3.47. The summed E-state index contributed by atoms with van der Waals surface area (Å²) in [5.41, 5.74) is 0.433. The summed E-state index contributed by atoms with van der Waals surface area (Å²) in [6.07, 6.45) is 5.11. The summed E-state index contributed by atoms with van der Waals surface area (Å²) in [7, 11) is -3.29. The molecule has 1 unspecified atom stereocenters. The van der Waals surface area contributed by atoms with Crippen LogP contribution in [-0.2, 0) is 10.0 Å². The fraction of sp³-hybridized carbons (Fsp3) is 0.316. The number of aromatic nitrogens is 3. The van der Waals surface area contributed by atoms with E-state index in [9.17, 15) is 17.2 Å². The number of nitrogens with one attached hydrogen (secondary N) is 1. The van der Waals surface area contributed by atoms with Gasteiger partial charge in [-0.25, -0.2) is 31.5 Å². The van der Waals surface area contributed by atoms with Gasteiger partial charge in [0.15, 0.2) is 5.82 Å². The van der Waals surface area contributed by atoms with Gasteiger partial charge in [0.1, 0.15) is 17.0 Å². The number of hydrogen-bond acceptors (Lipinski definition) is 6. The summed E-state index contributed by atoms with van der Waals surface area (Å²) in [5, 5.41) is 3.60. The Kier molecular flexibility index (Phi) is 5.13. The standard InChI is InChI=1S/C19H19F2N5O2S/c1-29(27,28)26-7-3-5-14(11-26)24-19-23-10-16(21)18(25-19)13-8-12-4-2-6-22-17(12)15(20)9-13/h2,4,6,8-10,14H,3,5,7,11H2,1H3,(H,23,24,25). The van der Waals surface area contributed by atoms with Gasteiger partial charge in [-0.1, -0.05) is 6.07 Å². The average molecular weight is 419 g/mol. The van der Waals surface area contributed by atoms with E-state index < -0.39 is 21.7 Å². The molecular formula is C19H19F2N5O2S. The second kappa shape index (κ2) is 7.60. The molecule has 1 saturated heterocycles. The van der Waals surface area contributed by atoms with Crippen LogP contribution in [0.15, 0.2) is 36.7 Å². The van der Waals surface area contributed by atoms with Crippen LogP contribution in [0.4, 0.5) is 14.7 Å². The highest BCUT2D eigenvalue weighted by Gasteiger charge is 2.26. The summed E-state index contributed by atoms with van der Waals surface area (Å²) in [6.45, 7) is 0.752. The highest BCUT2D eigenvalue weighted by molar-refractivity contribution is 7.88. The number of hydrogen-bond donors (Lipinski definition) is 1. The van der Waals surface area contributed by atoms with E-state index >= 15 is 0 Å². The van der Waals surface area contributed by atoms with Gasteiger partial charge < -0.3 is 5.32 Å². The molecule has 1 N–H and O–H groups in total. The van der Waals surface area contributed by atoms with Gasteiger partial charge >= 0.3 is 0 Å². The molecule has 4 rings (SSSR count). The van der Waals surface area contributed by atoms with Crippen LogP contribution in [-0.4, -0.2) is 53.1 Å². The SMILES string of the molecule is CS(=O)(=O)N1CCCC(Nc2ncc(F)c(-c3cc(F)c4ncccc4c3)n2)C1. The number of rotatable bonds is 4. The molecule has 152 valence electrons. The second-order valence-corrected chi connectivity index (χ2v) is 9.01. The van der Waals surface area contributed by atoms with Gasteiger partial charge in [-0.15, -0.1) is 0 Å². The van der Waals surface area contributed by atoms with Crippen molar-refractivity contribution in [2.24, 2.45) is 0 Å². The van der Waals surface area contributed by atoms with Crippen molar-refractivity contribution in [3.8, 4) is 11.3 Å². The van der Waals surface area contributed by atoms with Crippen molar-refractivity contribution >= 4 is 26.9 Å². The van der Waals surface area contributed by atoms with Crippen molar-refractivity contribution in [3.05, 3.63) is 48.3 Å². The lowest BCUT2D eigenvalue weighted by molar-refractivity contribution is 0.328. The quantitative estimate of drug-likeness (QED) is 0.700. The van der Waals surface area contributed by atoms with Gasteiger partial charge in [0.25, 0.3) is 0 Å². The topological polar surface area (TPSA) is 88.1 Å². The normalized spacial score (nSPS) is 18.1. The minimum Gasteiger partial charge on any atom is -0.350 e. The third-order valence-corrected chi connectivity index (χ3v) is 6.13. The Morgan fingerprint density at radius 3 is 2.83 bits per heavy atom. The average Bonchev–Trinajstić information content (AvgIpc) is 2.69. The molecule has 29 heavy (non-hydrogen) atoms. The van der Waals surface area contributed by atoms with Crippen molar-refractivity contribution in [1.29, 1.82) is 0 Å². The number of halogens is 2. The van der Waals surface area contributed by atoms with E-state index in [1.807, 2.05) is 0 Å². The minimum atomic E-state index is -3.29. The third kappa shape index (κ3) is 4.18. The van der Waals surface area contributed by atoms with Gasteiger partial charge in [-0.05, 0) is 31.0 Å². The first-order valence-corrected chi connectivity index (χ1v) is 10.9. The zero-order chi connectivity index (χ0) is 20.6. The maximum atomic E-state index is 14.4. The molecule has 0 radical (unpaired) electrons. The number of anilines is 1. The molecule has 3 aromatic rings. The fourth-order valence-corrected chi connectivity index (χ4v) is 4.38. The van der Waals surface area contributed by atoms with Crippen LogP contribution in [0.2, 0.25) is 0 Å². The van der Waals surface area contributed by atoms with Gasteiger partial charge in [0, 0.05) is 36.3 Å². The van der Waals surface area contributed by atoms with Gasteiger partial charge in [-0.3, -0.25) is 4.98 Å². The predicted molar refractivity (Wildman–Crippen MR) is 106 cm³/mol. The highest BCUT2D eigenvalue weighted by Crippen LogP contribution is 2.27. The Labute approximate surface area is 166 Å². The number of benzene rings is 1. The van der Waals surface area contributed by atoms with Crippen LogP contribution in [0.25, 0.3) is 22.2 Å². The molecule has 1 aliphatic rings. The molecule has 1 aromatic carbocycles. The van der Waals surface area contributed by atoms with Crippen molar-refractivity contribution in [2.45, 2.75) is 18.9 Å². The Hall–Kier alpha value is -2.72. The first-order chi connectivity index (χ1) is 13.8. The molecule has 0 saturated carbocycles. The zero-order valence-corrected chi connectivity index (χ0v) is 16.5. The molecule has 1 aliphatic heterocycles. The van der Waals surface area contributed by atoms with Crippen molar-refractivity contribution < 1.29 is 17.2 Å². The number of sulfonamides is 1. The highest BCUT2D eigenvalue weighted by atomic mass is 32.2. The summed E-state index contributed by atoms with van der Waals surface area (Å²) in [5.74, 6) is -1.09. The first-order valence-electron chi connectivity index (χ1n) is 9.10. The molecule has 0 amide bonds. The van der Waals surface area contributed by atoms with Crippen LogP contribution in [0.5, 0.6) is 0 Å². The van der Waals surface area contributed by atoms with Crippen molar-refractivity contribution in [1.82, 2.24) is 19.3 Å². The Morgan fingerprint density at radius 2 is 2.03 bits per heavy atom. The molecule has 0 aliphatic carbocycles. The van der Waals surface area contributed by atoms with E-state index in [-0.39, 0.29) is 35.3 Å². The van der Waals surface area contributed by atoms with Crippen molar-refractivity contribution in [2.75, 3.05) is 24.7 Å². The van der Waals surface area contributed by atoms with E-state index in [1.54, 1.807) is 18.2 Å². The third-order valence-electron chi connectivity index (χ3n) is 4.86. The molecule has 0 bridgehead atoms. The van der Waals surface area contributed by atoms with Crippen LogP contribution >= 0.6 is 0 Å². The van der Waals surface area contributed by atoms with E-state index in [4.69, 9.17) is 0 Å². The molecular weight excluding hydrogens is 400 g/mol. The maximum Gasteiger partial charge on any atom is 0.223 e. The lowest BCUT2D eigenvalue weighted by Crippen LogP contribution is -2.44. The molecule has 2 aromatic heterocycles. The summed E-state index contributed by atoms with van der Waals surface area (Å²) < 4.78 is 53.8. The van der Waals surface area contributed by atoms with Gasteiger partial charge in [0.05, 0.1) is 12.5 Å². The van der Waals surface area contributed by atoms with E-state index in [2.05, 4.69) is 20.3 Å². The summed E-state index contributed by atoms with van der Waals surface area (Å²) >= 11 is 0. The lowest BCUT2D eigenvalue weighted by Gasteiger charge is -2.31. The second-order valence-electron chi connectivity index (χ2n) is 7.03. The number of nitrogens with zero attached hydrogens (tertiary/aromatic N) is 4. The first kappa shape index (κ1) is 19.6. The van der Waals surface area contributed by atoms with Crippen LogP contribution in [0.1, 0.15) is 12.8 Å². The molecule has 3 heterocycles. The van der Waals surface area contributed by atoms with Crippen LogP contribution < -0.4 is 5.32 Å². The lowest BCUT2D eigenvalue weighted by atomic mass is 10.1. The zero-order valence-electron chi connectivity index (χ0n) is 15.6. The number of pyridine rings is 1. The van der Waals surface area contributed by atoms with Crippen molar-refractivity contribution in [3.63, 3.8) is 0 Å². The maximum absolute atomic E-state index is 14.4. The summed E-state index contributed by atoms with van der Waals surface area (Å²) in [4.78, 5) is 12.2. The predicted octanol–water partition coefficient (Wildman–Crippen LogP) is 2.81. The Balaban J connectivity index is 1.63. The number of fused-ring (bicyclic) bond motifs is 1. The minimum absolute atomic E-state index is 0.0390. The Bertz CT molecular complexity index is 1170. The molecule has 10 heteroatoms. The monoisotopic (exact) mass is 419 g/mol. The van der Waals surface area contributed by atoms with E-state index in [0.717, 1.165) is 12.6 Å². The van der Waals surface area contributed by atoms with Crippen LogP contribution in [0, 0.1) is 11.6 Å². The van der Waals surface area contributed by atoms with Crippen LogP contribution in [0.3, 0.4) is 0 Å². The smallest absolute Gasteiger partial charge is 0.223 e. The van der Waals surface area contributed by atoms with Gasteiger partial charge in [-0.2, -0.15) is 0 Å². The van der Waals surface area contributed by atoms with E-state index in [1.165, 1.54) is 22.8 Å². The molecule has 0 spiro atoms. The number of piperidine rings is 1. The van der Waals surface area contributed by atoms with E-state index in [0.29, 0.717) is 18.4 Å². The molecule has 1 fully saturated rings. The summed E-state index contributed by atoms with van der Waals surface area (Å²) in [6, 6.07) is 5.97.